The summed E-state index contributed by atoms with van der Waals surface area (Å²) < 4.78 is 23.9. The minimum absolute atomic E-state index is 0.0208. The van der Waals surface area contributed by atoms with Crippen molar-refractivity contribution in [2.24, 2.45) is 5.41 Å². The molecule has 0 radical (unpaired) electrons. The molecule has 0 spiro atoms. The van der Waals surface area contributed by atoms with Crippen molar-refractivity contribution in [3.63, 3.8) is 0 Å². The third-order valence-corrected chi connectivity index (χ3v) is 10.5. The van der Waals surface area contributed by atoms with Gasteiger partial charge in [-0.3, -0.25) is 14.5 Å². The van der Waals surface area contributed by atoms with Crippen LogP contribution in [0.2, 0.25) is 0 Å². The zero-order valence-electron chi connectivity index (χ0n) is 28.3. The fraction of sp³-hybridized carbons (Fsp3) is 0.514. The first kappa shape index (κ1) is 32.3. The number of aromatic nitrogens is 3. The zero-order valence-corrected chi connectivity index (χ0v) is 28.3. The molecule has 7 rings (SSSR count). The van der Waals surface area contributed by atoms with Gasteiger partial charge in [0, 0.05) is 43.5 Å². The number of likely N-dealkylation sites (tertiary alicyclic amines) is 2. The van der Waals surface area contributed by atoms with Crippen molar-refractivity contribution in [1.29, 1.82) is 0 Å². The maximum absolute atomic E-state index is 15.4. The van der Waals surface area contributed by atoms with Crippen LogP contribution < -0.4 is 15.4 Å². The third kappa shape index (κ3) is 6.20. The molecule has 1 aliphatic carbocycles. The molecule has 5 heterocycles. The van der Waals surface area contributed by atoms with Gasteiger partial charge in [-0.05, 0) is 93.3 Å². The summed E-state index contributed by atoms with van der Waals surface area (Å²) >= 11 is 0. The number of halogens is 1. The van der Waals surface area contributed by atoms with Gasteiger partial charge in [0.05, 0.1) is 11.7 Å². The number of fused-ring (bicyclic) bond motifs is 3. The van der Waals surface area contributed by atoms with E-state index in [1.54, 1.807) is 11.0 Å². The highest BCUT2D eigenvalue weighted by molar-refractivity contribution is 6.07. The molecule has 1 aromatic carbocycles. The second-order valence-electron chi connectivity index (χ2n) is 14.6. The fourth-order valence-electron chi connectivity index (χ4n) is 8.07. The van der Waals surface area contributed by atoms with Gasteiger partial charge in [0.15, 0.2) is 11.6 Å². The maximum Gasteiger partial charge on any atom is 0.274 e. The molecule has 11 heteroatoms. The molecular formula is C37H46FN7O3. The van der Waals surface area contributed by atoms with E-state index >= 15 is 4.39 Å². The van der Waals surface area contributed by atoms with E-state index in [4.69, 9.17) is 10.5 Å². The van der Waals surface area contributed by atoms with Gasteiger partial charge in [-0.15, -0.1) is 0 Å². The molecule has 3 aliphatic heterocycles. The van der Waals surface area contributed by atoms with Crippen LogP contribution in [0.1, 0.15) is 73.3 Å². The highest BCUT2D eigenvalue weighted by Crippen LogP contribution is 2.42. The number of hydrogen-bond donors (Lipinski definition) is 1. The Bertz CT molecular complexity index is 1760. The largest absolute Gasteiger partial charge is 0.485 e. The number of carbonyl (C=O) groups excluding carboxylic acids is 2. The van der Waals surface area contributed by atoms with Gasteiger partial charge in [-0.1, -0.05) is 26.3 Å². The summed E-state index contributed by atoms with van der Waals surface area (Å²) in [5.41, 5.74) is 11.7. The van der Waals surface area contributed by atoms with Gasteiger partial charge >= 0.3 is 0 Å². The van der Waals surface area contributed by atoms with Gasteiger partial charge in [-0.25, -0.2) is 14.4 Å². The number of carbonyl (C=O) groups is 2. The Morgan fingerprint density at radius 1 is 1.06 bits per heavy atom. The average molecular weight is 656 g/mol. The lowest BCUT2D eigenvalue weighted by molar-refractivity contribution is -0.127. The molecule has 4 aliphatic rings. The highest BCUT2D eigenvalue weighted by atomic mass is 19.1. The molecule has 2 aromatic heterocycles. The van der Waals surface area contributed by atoms with Crippen LogP contribution in [-0.4, -0.2) is 81.5 Å². The number of anilines is 2. The minimum Gasteiger partial charge on any atom is -0.485 e. The van der Waals surface area contributed by atoms with Crippen molar-refractivity contribution < 1.29 is 18.7 Å². The van der Waals surface area contributed by atoms with E-state index in [1.165, 1.54) is 49.0 Å². The van der Waals surface area contributed by atoms with E-state index in [1.807, 2.05) is 24.0 Å². The van der Waals surface area contributed by atoms with Crippen LogP contribution in [0.3, 0.4) is 0 Å². The van der Waals surface area contributed by atoms with Crippen LogP contribution in [0.4, 0.5) is 15.9 Å². The summed E-state index contributed by atoms with van der Waals surface area (Å²) in [5, 5.41) is 0. The second kappa shape index (κ2) is 13.0. The lowest BCUT2D eigenvalue weighted by Gasteiger charge is -2.31. The summed E-state index contributed by atoms with van der Waals surface area (Å²) in [6.07, 6.45) is 12.3. The Labute approximate surface area is 281 Å². The van der Waals surface area contributed by atoms with Gasteiger partial charge in [0.25, 0.3) is 5.91 Å². The molecular weight excluding hydrogens is 609 g/mol. The summed E-state index contributed by atoms with van der Waals surface area (Å²) in [4.78, 5) is 41.6. The van der Waals surface area contributed by atoms with Crippen LogP contribution in [0, 0.1) is 18.2 Å². The SMILES string of the molecule is Cc1c(-c2ncnc(N)c2OC[C@@H]2CCCN2C(=O)/C=C/CN2CCCCC2)cc(F)cc1N1CCn2c(cc3c2CC(C)(C)C3)C1=O. The van der Waals surface area contributed by atoms with Gasteiger partial charge in [0.1, 0.15) is 30.1 Å². The molecule has 2 fully saturated rings. The van der Waals surface area contributed by atoms with Crippen molar-refractivity contribution in [3.05, 3.63) is 65.0 Å². The molecule has 2 saturated heterocycles. The molecule has 0 unspecified atom stereocenters. The van der Waals surface area contributed by atoms with Gasteiger partial charge < -0.3 is 24.8 Å². The van der Waals surface area contributed by atoms with Crippen LogP contribution in [-0.2, 0) is 24.2 Å². The Balaban J connectivity index is 1.10. The standard InChI is InChI=1S/C37H46FN7O3/c1-24-28(18-26(38)19-29(24)45-16-15-44-30(36(45)47)17-25-20-37(2,3)21-31(25)44)33-34(35(39)41-23-40-33)48-22-27-9-7-14-43(27)32(46)10-8-13-42-11-5-4-6-12-42/h8,10,17-19,23,27H,4-7,9,11-16,20-22H2,1-3H3,(H2,39,40,41)/b10-8+/t27-/m0/s1. The van der Waals surface area contributed by atoms with E-state index in [-0.39, 0.29) is 41.4 Å². The van der Waals surface area contributed by atoms with E-state index in [9.17, 15) is 9.59 Å². The average Bonchev–Trinajstić information content (AvgIpc) is 3.75. The summed E-state index contributed by atoms with van der Waals surface area (Å²) in [5.74, 6) is -0.271. The van der Waals surface area contributed by atoms with Crippen molar-refractivity contribution in [2.45, 2.75) is 78.3 Å². The number of ether oxygens (including phenoxy) is 1. The topological polar surface area (TPSA) is 110 Å². The van der Waals surface area contributed by atoms with Crippen LogP contribution >= 0.6 is 0 Å². The minimum atomic E-state index is -0.490. The van der Waals surface area contributed by atoms with Gasteiger partial charge in [0.2, 0.25) is 5.91 Å². The van der Waals surface area contributed by atoms with Crippen LogP contribution in [0.15, 0.2) is 36.7 Å². The Hall–Kier alpha value is -4.25. The molecule has 0 bridgehead atoms. The number of hydrogen-bond acceptors (Lipinski definition) is 7. The van der Waals surface area contributed by atoms with Crippen LogP contribution in [0.25, 0.3) is 11.3 Å². The molecule has 48 heavy (non-hydrogen) atoms. The third-order valence-electron chi connectivity index (χ3n) is 10.5. The lowest BCUT2D eigenvalue weighted by Crippen LogP contribution is -2.41. The second-order valence-corrected chi connectivity index (χ2v) is 14.6. The first-order chi connectivity index (χ1) is 23.1. The first-order valence-electron chi connectivity index (χ1n) is 17.4. The Morgan fingerprint density at radius 2 is 1.88 bits per heavy atom. The molecule has 1 atom stereocenters. The van der Waals surface area contributed by atoms with E-state index in [0.717, 1.165) is 45.3 Å². The quantitative estimate of drug-likeness (QED) is 0.334. The molecule has 2 amide bonds. The number of nitrogen functional groups attached to an aromatic ring is 1. The Morgan fingerprint density at radius 3 is 2.69 bits per heavy atom. The molecule has 3 aromatic rings. The maximum atomic E-state index is 15.4. The zero-order chi connectivity index (χ0) is 33.6. The fourth-order valence-corrected chi connectivity index (χ4v) is 8.07. The monoisotopic (exact) mass is 655 g/mol. The number of nitrogens with zero attached hydrogens (tertiary/aromatic N) is 6. The number of rotatable bonds is 8. The van der Waals surface area contributed by atoms with E-state index < -0.39 is 5.82 Å². The summed E-state index contributed by atoms with van der Waals surface area (Å²) in [6.45, 7) is 11.3. The highest BCUT2D eigenvalue weighted by Gasteiger charge is 2.37. The summed E-state index contributed by atoms with van der Waals surface area (Å²) in [7, 11) is 0. The van der Waals surface area contributed by atoms with E-state index in [0.29, 0.717) is 47.8 Å². The molecule has 254 valence electrons. The number of benzene rings is 1. The normalized spacial score (nSPS) is 20.8. The van der Waals surface area contributed by atoms with Crippen molar-refractivity contribution >= 4 is 23.3 Å². The first-order valence-corrected chi connectivity index (χ1v) is 17.4. The van der Waals surface area contributed by atoms with Gasteiger partial charge in [-0.2, -0.15) is 0 Å². The predicted molar refractivity (Wildman–Crippen MR) is 184 cm³/mol. The Kier molecular flexibility index (Phi) is 8.74. The van der Waals surface area contributed by atoms with Crippen molar-refractivity contribution in [1.82, 2.24) is 24.3 Å². The molecule has 0 saturated carbocycles. The summed E-state index contributed by atoms with van der Waals surface area (Å²) in [6, 6.07) is 4.70. The van der Waals surface area contributed by atoms with Crippen molar-refractivity contribution in [3.8, 4) is 17.0 Å². The van der Waals surface area contributed by atoms with Crippen molar-refractivity contribution in [2.75, 3.05) is 50.0 Å². The number of nitrogens with two attached hydrogens (primary N) is 1. The lowest BCUT2D eigenvalue weighted by atomic mass is 9.90. The van der Waals surface area contributed by atoms with Crippen LogP contribution in [0.5, 0.6) is 5.75 Å². The molecule has 10 nitrogen and oxygen atoms in total. The predicted octanol–water partition coefficient (Wildman–Crippen LogP) is 5.17. The number of amides is 2. The smallest absolute Gasteiger partial charge is 0.274 e. The van der Waals surface area contributed by atoms with E-state index in [2.05, 4.69) is 33.3 Å². The molecule has 2 N–H and O–H groups in total. The number of piperidine rings is 1.